The van der Waals surface area contributed by atoms with Crippen molar-refractivity contribution in [2.24, 2.45) is 0 Å². The summed E-state index contributed by atoms with van der Waals surface area (Å²) in [6.07, 6.45) is 4.62. The van der Waals surface area contributed by atoms with Gasteiger partial charge in [0.15, 0.2) is 0 Å². The van der Waals surface area contributed by atoms with Gasteiger partial charge in [0.25, 0.3) is 0 Å². The Hall–Kier alpha value is -1.25. The van der Waals surface area contributed by atoms with Crippen LogP contribution < -0.4 is 0 Å². The highest BCUT2D eigenvalue weighted by atomic mass is 14.2. The molecule has 0 rings (SSSR count). The summed E-state index contributed by atoms with van der Waals surface area (Å²) in [6.45, 7) is 5.80. The van der Waals surface area contributed by atoms with E-state index in [1.54, 1.807) is 0 Å². The molecule has 0 heterocycles. The van der Waals surface area contributed by atoms with Crippen molar-refractivity contribution in [3.63, 3.8) is 0 Å². The predicted octanol–water partition coefficient (Wildman–Crippen LogP) is 2.97. The van der Waals surface area contributed by atoms with Crippen LogP contribution in [0.15, 0.2) is 29.0 Å². The monoisotopic (exact) mass is 147 g/mol. The van der Waals surface area contributed by atoms with Crippen molar-refractivity contribution >= 4 is 0 Å². The van der Waals surface area contributed by atoms with Gasteiger partial charge >= 0.3 is 0 Å². The molecule has 1 heteroatoms. The standard InChI is InChI=1S/C10H13N/c1-4-6-9(3)10(8-11)7-5-2/h4,7H,5H2,1-3H3/b10-7-. The zero-order valence-electron chi connectivity index (χ0n) is 7.31. The third-order valence-electron chi connectivity index (χ3n) is 1.29. The Bertz CT molecular complexity index is 245. The third-order valence-corrected chi connectivity index (χ3v) is 1.29. The van der Waals surface area contributed by atoms with E-state index in [-0.39, 0.29) is 0 Å². The molecule has 1 nitrogen and oxygen atoms in total. The van der Waals surface area contributed by atoms with E-state index in [1.165, 1.54) is 0 Å². The summed E-state index contributed by atoms with van der Waals surface area (Å²) in [5, 5.41) is 8.66. The number of nitrogens with zero attached hydrogens (tertiary/aromatic N) is 1. The lowest BCUT2D eigenvalue weighted by molar-refractivity contribution is 1.20. The number of nitriles is 1. The molecule has 0 aliphatic heterocycles. The second kappa shape index (κ2) is 5.53. The Morgan fingerprint density at radius 2 is 2.18 bits per heavy atom. The van der Waals surface area contributed by atoms with Crippen molar-refractivity contribution in [2.75, 3.05) is 0 Å². The molecule has 0 saturated heterocycles. The van der Waals surface area contributed by atoms with Crippen molar-refractivity contribution in [3.05, 3.63) is 29.0 Å². The molecule has 11 heavy (non-hydrogen) atoms. The second-order valence-electron chi connectivity index (χ2n) is 2.20. The van der Waals surface area contributed by atoms with E-state index in [1.807, 2.05) is 32.9 Å². The van der Waals surface area contributed by atoms with Crippen LogP contribution in [0.4, 0.5) is 0 Å². The van der Waals surface area contributed by atoms with Crippen LogP contribution in [0.3, 0.4) is 0 Å². The minimum atomic E-state index is 0.727. The maximum absolute atomic E-state index is 8.66. The van der Waals surface area contributed by atoms with E-state index in [0.717, 1.165) is 17.6 Å². The SMILES string of the molecule is CC=C=C(C)/C(C#N)=C\CC. The first kappa shape index (κ1) is 9.75. The predicted molar refractivity (Wildman–Crippen MR) is 46.9 cm³/mol. The van der Waals surface area contributed by atoms with Crippen LogP contribution in [-0.2, 0) is 0 Å². The molecule has 0 aliphatic carbocycles. The highest BCUT2D eigenvalue weighted by Gasteiger charge is 1.93. The topological polar surface area (TPSA) is 23.8 Å². The van der Waals surface area contributed by atoms with E-state index in [9.17, 15) is 0 Å². The van der Waals surface area contributed by atoms with Gasteiger partial charge < -0.3 is 0 Å². The van der Waals surface area contributed by atoms with E-state index in [2.05, 4.69) is 11.8 Å². The highest BCUT2D eigenvalue weighted by Crippen LogP contribution is 2.06. The molecule has 0 N–H and O–H groups in total. The summed E-state index contributed by atoms with van der Waals surface area (Å²) in [7, 11) is 0. The fraction of sp³-hybridized carbons (Fsp3) is 0.400. The first-order valence-electron chi connectivity index (χ1n) is 3.74. The number of hydrogen-bond acceptors (Lipinski definition) is 1. The van der Waals surface area contributed by atoms with Gasteiger partial charge in [-0.3, -0.25) is 0 Å². The molecule has 0 aromatic heterocycles. The summed E-state index contributed by atoms with van der Waals surface area (Å²) < 4.78 is 0. The van der Waals surface area contributed by atoms with Gasteiger partial charge in [-0.25, -0.2) is 0 Å². The van der Waals surface area contributed by atoms with Crippen molar-refractivity contribution in [1.82, 2.24) is 0 Å². The molecule has 0 aromatic carbocycles. The van der Waals surface area contributed by atoms with Crippen molar-refractivity contribution in [2.45, 2.75) is 27.2 Å². The Labute approximate surface area is 68.3 Å². The molecule has 0 aromatic rings. The number of hydrogen-bond donors (Lipinski definition) is 0. The maximum Gasteiger partial charge on any atom is 0.0997 e. The van der Waals surface area contributed by atoms with Crippen LogP contribution in [-0.4, -0.2) is 0 Å². The Balaban J connectivity index is 4.70. The Morgan fingerprint density at radius 3 is 2.55 bits per heavy atom. The molecule has 0 spiro atoms. The lowest BCUT2D eigenvalue weighted by atomic mass is 10.1. The van der Waals surface area contributed by atoms with E-state index in [0.29, 0.717) is 0 Å². The summed E-state index contributed by atoms with van der Waals surface area (Å²) in [5.74, 6) is 0. The van der Waals surface area contributed by atoms with E-state index < -0.39 is 0 Å². The highest BCUT2D eigenvalue weighted by molar-refractivity contribution is 5.39. The van der Waals surface area contributed by atoms with Crippen LogP contribution in [0, 0.1) is 11.3 Å². The zero-order valence-corrected chi connectivity index (χ0v) is 7.31. The van der Waals surface area contributed by atoms with Crippen LogP contribution in [0.1, 0.15) is 27.2 Å². The Morgan fingerprint density at radius 1 is 1.55 bits per heavy atom. The quantitative estimate of drug-likeness (QED) is 0.334. The third kappa shape index (κ3) is 3.45. The zero-order chi connectivity index (χ0) is 8.69. The molecule has 58 valence electrons. The van der Waals surface area contributed by atoms with Crippen LogP contribution >= 0.6 is 0 Å². The summed E-state index contributed by atoms with van der Waals surface area (Å²) >= 11 is 0. The normalized spacial score (nSPS) is 9.82. The van der Waals surface area contributed by atoms with Gasteiger partial charge in [0.05, 0.1) is 11.6 Å². The van der Waals surface area contributed by atoms with Gasteiger partial charge in [0.1, 0.15) is 0 Å². The molecule has 0 aliphatic rings. The first-order valence-corrected chi connectivity index (χ1v) is 3.74. The average Bonchev–Trinajstić information content (AvgIpc) is 2.00. The average molecular weight is 147 g/mol. The molecule has 0 unspecified atom stereocenters. The maximum atomic E-state index is 8.66. The first-order chi connectivity index (χ1) is 5.26. The minimum absolute atomic E-state index is 0.727. The van der Waals surface area contributed by atoms with Gasteiger partial charge in [-0.1, -0.05) is 13.0 Å². The van der Waals surface area contributed by atoms with Gasteiger partial charge in [-0.2, -0.15) is 5.26 Å². The summed E-state index contributed by atoms with van der Waals surface area (Å²) in [5.41, 5.74) is 4.62. The lowest BCUT2D eigenvalue weighted by Crippen LogP contribution is -1.78. The fourth-order valence-corrected chi connectivity index (χ4v) is 0.781. The van der Waals surface area contributed by atoms with Crippen molar-refractivity contribution < 1.29 is 0 Å². The molecule has 0 saturated carbocycles. The second-order valence-corrected chi connectivity index (χ2v) is 2.20. The van der Waals surface area contributed by atoms with Gasteiger partial charge in [-0.15, -0.1) is 5.73 Å². The van der Waals surface area contributed by atoms with Gasteiger partial charge in [-0.05, 0) is 26.3 Å². The largest absolute Gasteiger partial charge is 0.192 e. The smallest absolute Gasteiger partial charge is 0.0997 e. The van der Waals surface area contributed by atoms with Crippen LogP contribution in [0.25, 0.3) is 0 Å². The molecular weight excluding hydrogens is 134 g/mol. The summed E-state index contributed by atoms with van der Waals surface area (Å²) in [6, 6.07) is 2.13. The van der Waals surface area contributed by atoms with E-state index >= 15 is 0 Å². The van der Waals surface area contributed by atoms with Gasteiger partial charge in [0.2, 0.25) is 0 Å². The summed E-state index contributed by atoms with van der Waals surface area (Å²) in [4.78, 5) is 0. The molecule has 0 radical (unpaired) electrons. The lowest BCUT2D eigenvalue weighted by Gasteiger charge is -1.91. The Kier molecular flexibility index (Phi) is 4.90. The number of rotatable bonds is 2. The number of allylic oxidation sites excluding steroid dienone is 3. The van der Waals surface area contributed by atoms with Crippen molar-refractivity contribution in [1.29, 1.82) is 5.26 Å². The molecule has 0 bridgehead atoms. The molecular formula is C10H13N. The molecule has 0 amide bonds. The van der Waals surface area contributed by atoms with Crippen LogP contribution in [0.2, 0.25) is 0 Å². The minimum Gasteiger partial charge on any atom is -0.192 e. The fourth-order valence-electron chi connectivity index (χ4n) is 0.781. The van der Waals surface area contributed by atoms with Gasteiger partial charge in [0, 0.05) is 5.57 Å². The molecule has 0 fully saturated rings. The van der Waals surface area contributed by atoms with E-state index in [4.69, 9.17) is 5.26 Å². The van der Waals surface area contributed by atoms with Crippen LogP contribution in [0.5, 0.6) is 0 Å². The molecule has 0 atom stereocenters. The van der Waals surface area contributed by atoms with Crippen molar-refractivity contribution in [3.8, 4) is 6.07 Å².